The molecule has 2 rings (SSSR count). The van der Waals surface area contributed by atoms with Crippen LogP contribution in [-0.4, -0.2) is 41.8 Å². The highest BCUT2D eigenvalue weighted by atomic mass is 32.2. The molecule has 0 aromatic heterocycles. The van der Waals surface area contributed by atoms with Crippen LogP contribution in [0.25, 0.3) is 0 Å². The number of benzene rings is 2. The highest BCUT2D eigenvalue weighted by molar-refractivity contribution is 7.98. The molecule has 2 aromatic rings. The highest BCUT2D eigenvalue weighted by Crippen LogP contribution is 2.44. The topological polar surface area (TPSA) is 117 Å². The summed E-state index contributed by atoms with van der Waals surface area (Å²) in [6.07, 6.45) is 4.65. The fourth-order valence-corrected chi connectivity index (χ4v) is 3.78. The summed E-state index contributed by atoms with van der Waals surface area (Å²) < 4.78 is 11.6. The van der Waals surface area contributed by atoms with Gasteiger partial charge in [-0.05, 0) is 49.4 Å². The Kier molecular flexibility index (Phi) is 10.9. The van der Waals surface area contributed by atoms with Gasteiger partial charge in [-0.3, -0.25) is 15.3 Å². The minimum atomic E-state index is -0.687. The first kappa shape index (κ1) is 27.2. The zero-order chi connectivity index (χ0) is 25.0. The Bertz CT molecular complexity index is 962. The van der Waals surface area contributed by atoms with Gasteiger partial charge in [0.25, 0.3) is 5.91 Å². The van der Waals surface area contributed by atoms with Gasteiger partial charge in [0.1, 0.15) is 18.5 Å². The second-order valence-corrected chi connectivity index (χ2v) is 9.03. The van der Waals surface area contributed by atoms with Gasteiger partial charge in [0.15, 0.2) is 0 Å². The van der Waals surface area contributed by atoms with Gasteiger partial charge in [-0.25, -0.2) is 10.3 Å². The predicted octanol–water partition coefficient (Wildman–Crippen LogP) is 4.94. The van der Waals surface area contributed by atoms with Crippen LogP contribution in [-0.2, 0) is 9.53 Å². The van der Waals surface area contributed by atoms with E-state index in [1.807, 2.05) is 62.6 Å². The molecule has 2 amide bonds. The quantitative estimate of drug-likeness (QED) is 0.145. The van der Waals surface area contributed by atoms with E-state index in [-0.39, 0.29) is 13.2 Å². The van der Waals surface area contributed by atoms with Crippen LogP contribution in [0.4, 0.5) is 10.5 Å². The number of carbonyl (C=O) groups is 2. The lowest BCUT2D eigenvalue weighted by Crippen LogP contribution is -2.29. The number of thioether (sulfide) groups is 1. The summed E-state index contributed by atoms with van der Waals surface area (Å²) in [4.78, 5) is 25.2. The molecule has 8 nitrogen and oxygen atoms in total. The number of hydroxylamine groups is 1. The van der Waals surface area contributed by atoms with Crippen molar-refractivity contribution in [2.24, 2.45) is 5.41 Å². The van der Waals surface area contributed by atoms with Crippen LogP contribution >= 0.6 is 11.8 Å². The number of amides is 2. The fraction of sp³-hybridized carbons (Fsp3) is 0.360. The maximum atomic E-state index is 12.9. The van der Waals surface area contributed by atoms with Gasteiger partial charge in [-0.2, -0.15) is 0 Å². The largest absolute Gasteiger partial charge is 0.491 e. The van der Waals surface area contributed by atoms with E-state index in [2.05, 4.69) is 5.32 Å². The molecule has 2 aromatic carbocycles. The van der Waals surface area contributed by atoms with Crippen molar-refractivity contribution < 1.29 is 29.4 Å². The Morgan fingerprint density at radius 2 is 1.85 bits per heavy atom. The molecule has 0 saturated carbocycles. The molecule has 184 valence electrons. The zero-order valence-electron chi connectivity index (χ0n) is 19.6. The number of hydrogen-bond donors (Lipinski definition) is 4. The summed E-state index contributed by atoms with van der Waals surface area (Å²) in [6.45, 7) is 3.88. The van der Waals surface area contributed by atoms with Crippen LogP contribution in [0.1, 0.15) is 38.4 Å². The molecular weight excluding hydrogens is 456 g/mol. The number of hydrogen-bond acceptors (Lipinski definition) is 7. The van der Waals surface area contributed by atoms with E-state index in [0.29, 0.717) is 29.8 Å². The number of para-hydroxylation sites is 1. The lowest BCUT2D eigenvalue weighted by atomic mass is 9.78. The van der Waals surface area contributed by atoms with Crippen LogP contribution in [0.15, 0.2) is 65.6 Å². The van der Waals surface area contributed by atoms with Crippen LogP contribution in [0.2, 0.25) is 0 Å². The molecule has 0 bridgehead atoms. The van der Waals surface area contributed by atoms with Crippen molar-refractivity contribution >= 4 is 29.4 Å². The number of anilines is 1. The molecule has 1 atom stereocenters. The number of aliphatic hydroxyl groups excluding tert-OH is 1. The van der Waals surface area contributed by atoms with Crippen molar-refractivity contribution in [2.75, 3.05) is 24.8 Å². The number of carbonyl (C=O) groups excluding carboxylic acids is 2. The first-order chi connectivity index (χ1) is 16.3. The van der Waals surface area contributed by atoms with Gasteiger partial charge in [0, 0.05) is 27.6 Å². The van der Waals surface area contributed by atoms with Crippen LogP contribution in [0.5, 0.6) is 5.75 Å². The third-order valence-corrected chi connectivity index (χ3v) is 5.90. The number of allylic oxidation sites excluding steroid dienone is 1. The Balaban J connectivity index is 2.26. The van der Waals surface area contributed by atoms with Crippen molar-refractivity contribution in [3.63, 3.8) is 0 Å². The fourth-order valence-electron chi connectivity index (χ4n) is 3.37. The third-order valence-electron chi connectivity index (χ3n) is 5.16. The predicted molar refractivity (Wildman–Crippen MR) is 132 cm³/mol. The molecule has 0 fully saturated rings. The maximum absolute atomic E-state index is 12.9. The summed E-state index contributed by atoms with van der Waals surface area (Å²) in [7, 11) is 0. The normalized spacial score (nSPS) is 12.3. The van der Waals surface area contributed by atoms with Gasteiger partial charge in [-0.1, -0.05) is 38.1 Å². The lowest BCUT2D eigenvalue weighted by molar-refractivity contribution is -0.124. The summed E-state index contributed by atoms with van der Waals surface area (Å²) in [5.41, 5.74) is 2.28. The molecule has 0 heterocycles. The standard InChI is InChI=1S/C25H32N2O6S/c1-25(2,15-7-6-10-22(29)27-31)23(20-8-4-5-9-21(20)32-17-16-28)33-24(30)26-18-11-13-19(34-3)14-12-18/h4-6,8-14,23,28,31H,7,15-17H2,1-3H3,(H,26,30)(H,27,29)/b10-6+/t23-/m1/s1. The van der Waals surface area contributed by atoms with Crippen molar-refractivity contribution in [3.8, 4) is 5.75 Å². The van der Waals surface area contributed by atoms with E-state index >= 15 is 0 Å². The van der Waals surface area contributed by atoms with Crippen molar-refractivity contribution in [1.29, 1.82) is 0 Å². The first-order valence-corrected chi connectivity index (χ1v) is 12.1. The van der Waals surface area contributed by atoms with Gasteiger partial charge in [-0.15, -0.1) is 11.8 Å². The number of ether oxygens (including phenoxy) is 2. The molecular formula is C25H32N2O6S. The number of rotatable bonds is 12. The monoisotopic (exact) mass is 488 g/mol. The molecule has 4 N–H and O–H groups in total. The minimum absolute atomic E-state index is 0.108. The smallest absolute Gasteiger partial charge is 0.412 e. The lowest BCUT2D eigenvalue weighted by Gasteiger charge is -2.35. The average Bonchev–Trinajstić information content (AvgIpc) is 2.84. The molecule has 0 unspecified atom stereocenters. The van der Waals surface area contributed by atoms with E-state index < -0.39 is 23.5 Å². The Morgan fingerprint density at radius 1 is 1.15 bits per heavy atom. The minimum Gasteiger partial charge on any atom is -0.491 e. The molecule has 0 saturated heterocycles. The van der Waals surface area contributed by atoms with Crippen LogP contribution in [0.3, 0.4) is 0 Å². The van der Waals surface area contributed by atoms with Gasteiger partial charge >= 0.3 is 6.09 Å². The number of aliphatic hydroxyl groups is 1. The third kappa shape index (κ3) is 8.40. The van der Waals surface area contributed by atoms with Gasteiger partial charge in [0.05, 0.1) is 6.61 Å². The van der Waals surface area contributed by atoms with Crippen LogP contribution in [0, 0.1) is 5.41 Å². The average molecular weight is 489 g/mol. The molecule has 0 aliphatic rings. The Morgan fingerprint density at radius 3 is 2.50 bits per heavy atom. The number of nitrogens with one attached hydrogen (secondary N) is 2. The van der Waals surface area contributed by atoms with Gasteiger partial charge < -0.3 is 14.6 Å². The highest BCUT2D eigenvalue weighted by Gasteiger charge is 2.35. The zero-order valence-corrected chi connectivity index (χ0v) is 20.4. The van der Waals surface area contributed by atoms with Crippen molar-refractivity contribution in [3.05, 3.63) is 66.2 Å². The SMILES string of the molecule is CSc1ccc(NC(=O)O[C@H](c2ccccc2OCCO)C(C)(C)CC/C=C/C(=O)NO)cc1. The molecule has 0 aliphatic carbocycles. The summed E-state index contributed by atoms with van der Waals surface area (Å²) >= 11 is 1.61. The first-order valence-electron chi connectivity index (χ1n) is 10.9. The molecule has 0 aliphatic heterocycles. The van der Waals surface area contributed by atoms with Crippen LogP contribution < -0.4 is 15.5 Å². The second kappa shape index (κ2) is 13.6. The second-order valence-electron chi connectivity index (χ2n) is 8.15. The summed E-state index contributed by atoms with van der Waals surface area (Å²) in [5.74, 6) is -0.0952. The summed E-state index contributed by atoms with van der Waals surface area (Å²) in [6, 6.07) is 14.7. The Labute approximate surface area is 204 Å². The van der Waals surface area contributed by atoms with Crippen molar-refractivity contribution in [2.45, 2.75) is 37.7 Å². The van der Waals surface area contributed by atoms with E-state index in [4.69, 9.17) is 14.7 Å². The molecule has 34 heavy (non-hydrogen) atoms. The molecule has 9 heteroatoms. The van der Waals surface area contributed by atoms with Crippen molar-refractivity contribution in [1.82, 2.24) is 5.48 Å². The van der Waals surface area contributed by atoms with Gasteiger partial charge in [0.2, 0.25) is 0 Å². The molecule has 0 radical (unpaired) electrons. The van der Waals surface area contributed by atoms with E-state index in [0.717, 1.165) is 4.90 Å². The summed E-state index contributed by atoms with van der Waals surface area (Å²) in [5, 5.41) is 20.6. The van der Waals surface area contributed by atoms with E-state index in [9.17, 15) is 14.7 Å². The molecule has 0 spiro atoms. The maximum Gasteiger partial charge on any atom is 0.412 e. The van der Waals surface area contributed by atoms with E-state index in [1.165, 1.54) is 6.08 Å². The Hall–Kier alpha value is -3.01. The van der Waals surface area contributed by atoms with E-state index in [1.54, 1.807) is 29.4 Å².